The molecule has 0 atom stereocenters. The van der Waals surface area contributed by atoms with Crippen molar-refractivity contribution in [3.8, 4) is 17.2 Å². The Hall–Kier alpha value is -2.47. The third-order valence-corrected chi connectivity index (χ3v) is 3.27. The first kappa shape index (κ1) is 14.5. The molecule has 22 heavy (non-hydrogen) atoms. The minimum atomic E-state index is 0.253. The summed E-state index contributed by atoms with van der Waals surface area (Å²) in [7, 11) is 0. The van der Waals surface area contributed by atoms with Crippen molar-refractivity contribution in [3.63, 3.8) is 0 Å². The van der Waals surface area contributed by atoms with Crippen LogP contribution in [-0.4, -0.2) is 18.5 Å². The van der Waals surface area contributed by atoms with Gasteiger partial charge in [0.2, 0.25) is 6.79 Å². The number of rotatable bonds is 4. The van der Waals surface area contributed by atoms with Gasteiger partial charge in [0.25, 0.3) is 0 Å². The molecule has 1 heterocycles. The lowest BCUT2D eigenvalue weighted by molar-refractivity contribution is 0.174. The molecule has 5 nitrogen and oxygen atoms in total. The summed E-state index contributed by atoms with van der Waals surface area (Å²) in [6, 6.07) is 13.2. The molecule has 0 unspecified atom stereocenters. The van der Waals surface area contributed by atoms with Gasteiger partial charge >= 0.3 is 0 Å². The number of benzene rings is 2. The lowest BCUT2D eigenvalue weighted by atomic mass is 10.3. The average Bonchev–Trinajstić information content (AvgIpc) is 2.97. The van der Waals surface area contributed by atoms with Crippen molar-refractivity contribution in [3.05, 3.63) is 42.5 Å². The van der Waals surface area contributed by atoms with Crippen LogP contribution in [-0.2, 0) is 0 Å². The van der Waals surface area contributed by atoms with E-state index in [1.54, 1.807) is 0 Å². The van der Waals surface area contributed by atoms with Crippen LogP contribution in [0.15, 0.2) is 42.5 Å². The van der Waals surface area contributed by atoms with E-state index in [2.05, 4.69) is 10.6 Å². The monoisotopic (exact) mass is 316 g/mol. The lowest BCUT2D eigenvalue weighted by Crippen LogP contribution is -2.19. The second-order valence-corrected chi connectivity index (χ2v) is 4.98. The zero-order valence-electron chi connectivity index (χ0n) is 12.1. The normalized spacial score (nSPS) is 11.9. The maximum Gasteiger partial charge on any atom is 0.231 e. The molecule has 0 fully saturated rings. The Morgan fingerprint density at radius 3 is 2.82 bits per heavy atom. The molecular formula is C16H16N2O3S. The van der Waals surface area contributed by atoms with Crippen molar-refractivity contribution in [2.24, 2.45) is 0 Å². The van der Waals surface area contributed by atoms with E-state index in [1.807, 2.05) is 49.4 Å². The van der Waals surface area contributed by atoms with Crippen molar-refractivity contribution in [2.75, 3.05) is 24.0 Å². The Labute approximate surface area is 134 Å². The Morgan fingerprint density at radius 1 is 1.14 bits per heavy atom. The van der Waals surface area contributed by atoms with E-state index in [9.17, 15) is 0 Å². The van der Waals surface area contributed by atoms with E-state index < -0.39 is 0 Å². The van der Waals surface area contributed by atoms with E-state index in [0.717, 1.165) is 22.9 Å². The van der Waals surface area contributed by atoms with E-state index >= 15 is 0 Å². The van der Waals surface area contributed by atoms with Crippen molar-refractivity contribution < 1.29 is 14.2 Å². The van der Waals surface area contributed by atoms with E-state index in [-0.39, 0.29) is 6.79 Å². The first-order valence-electron chi connectivity index (χ1n) is 6.96. The van der Waals surface area contributed by atoms with Crippen molar-refractivity contribution in [1.82, 2.24) is 0 Å². The summed E-state index contributed by atoms with van der Waals surface area (Å²) in [5.74, 6) is 2.22. The fourth-order valence-electron chi connectivity index (χ4n) is 2.11. The summed E-state index contributed by atoms with van der Waals surface area (Å²) in [5.41, 5.74) is 1.65. The van der Waals surface area contributed by atoms with Crippen molar-refractivity contribution in [2.45, 2.75) is 6.92 Å². The van der Waals surface area contributed by atoms with Crippen LogP contribution in [0.4, 0.5) is 11.4 Å². The lowest BCUT2D eigenvalue weighted by Gasteiger charge is -2.14. The van der Waals surface area contributed by atoms with Gasteiger partial charge in [-0.15, -0.1) is 0 Å². The number of thiocarbonyl (C=S) groups is 1. The second-order valence-electron chi connectivity index (χ2n) is 4.58. The molecular weight excluding hydrogens is 300 g/mol. The molecule has 1 aliphatic rings. The summed E-state index contributed by atoms with van der Waals surface area (Å²) < 4.78 is 16.2. The van der Waals surface area contributed by atoms with Gasteiger partial charge in [0.15, 0.2) is 16.6 Å². The fourth-order valence-corrected chi connectivity index (χ4v) is 2.34. The molecule has 0 aromatic heterocycles. The van der Waals surface area contributed by atoms with Gasteiger partial charge < -0.3 is 24.8 Å². The number of anilines is 2. The minimum absolute atomic E-state index is 0.253. The maximum absolute atomic E-state index is 5.56. The van der Waals surface area contributed by atoms with Gasteiger partial charge in [0.05, 0.1) is 12.3 Å². The molecule has 0 saturated carbocycles. The molecule has 1 aliphatic heterocycles. The molecule has 114 valence electrons. The van der Waals surface area contributed by atoms with Gasteiger partial charge in [0, 0.05) is 11.8 Å². The molecule has 0 radical (unpaired) electrons. The van der Waals surface area contributed by atoms with E-state index in [0.29, 0.717) is 17.5 Å². The molecule has 2 aromatic rings. The zero-order chi connectivity index (χ0) is 15.4. The van der Waals surface area contributed by atoms with Crippen LogP contribution in [0.25, 0.3) is 0 Å². The van der Waals surface area contributed by atoms with Gasteiger partial charge in [-0.05, 0) is 43.4 Å². The highest BCUT2D eigenvalue weighted by Gasteiger charge is 2.13. The number of fused-ring (bicyclic) bond motifs is 1. The van der Waals surface area contributed by atoms with Gasteiger partial charge in [-0.2, -0.15) is 0 Å². The summed E-state index contributed by atoms with van der Waals surface area (Å²) in [6.45, 7) is 2.80. The van der Waals surface area contributed by atoms with Crippen LogP contribution in [0.3, 0.4) is 0 Å². The highest BCUT2D eigenvalue weighted by atomic mass is 32.1. The molecule has 0 aliphatic carbocycles. The Bertz CT molecular complexity index is 691. The third-order valence-electron chi connectivity index (χ3n) is 3.07. The zero-order valence-corrected chi connectivity index (χ0v) is 12.9. The predicted molar refractivity (Wildman–Crippen MR) is 90.0 cm³/mol. The Kier molecular flexibility index (Phi) is 4.29. The highest BCUT2D eigenvalue weighted by Crippen LogP contribution is 2.34. The van der Waals surface area contributed by atoms with Gasteiger partial charge in [-0.3, -0.25) is 0 Å². The standard InChI is InChI=1S/C16H16N2O3S/c1-2-19-13-6-4-3-5-12(13)18-16(22)17-11-7-8-14-15(9-11)21-10-20-14/h3-9H,2,10H2,1H3,(H2,17,18,22). The number of nitrogens with one attached hydrogen (secondary N) is 2. The molecule has 0 saturated heterocycles. The predicted octanol–water partition coefficient (Wildman–Crippen LogP) is 3.62. The molecule has 2 aromatic carbocycles. The van der Waals surface area contributed by atoms with Crippen LogP contribution >= 0.6 is 12.2 Å². The molecule has 0 bridgehead atoms. The molecule has 2 N–H and O–H groups in total. The summed E-state index contributed by atoms with van der Waals surface area (Å²) in [5, 5.41) is 6.73. The number of para-hydroxylation sites is 2. The first-order chi connectivity index (χ1) is 10.8. The smallest absolute Gasteiger partial charge is 0.231 e. The third kappa shape index (κ3) is 3.23. The van der Waals surface area contributed by atoms with Crippen LogP contribution in [0, 0.1) is 0 Å². The summed E-state index contributed by atoms with van der Waals surface area (Å²) in [4.78, 5) is 0. The molecule has 6 heteroatoms. The van der Waals surface area contributed by atoms with Gasteiger partial charge in [0.1, 0.15) is 5.75 Å². The quantitative estimate of drug-likeness (QED) is 0.840. The van der Waals surface area contributed by atoms with Gasteiger partial charge in [-0.1, -0.05) is 12.1 Å². The molecule has 0 spiro atoms. The van der Waals surface area contributed by atoms with Crippen LogP contribution < -0.4 is 24.8 Å². The Balaban J connectivity index is 1.68. The summed E-state index contributed by atoms with van der Waals surface area (Å²) >= 11 is 5.34. The first-order valence-corrected chi connectivity index (χ1v) is 7.36. The van der Waals surface area contributed by atoms with E-state index in [1.165, 1.54) is 0 Å². The minimum Gasteiger partial charge on any atom is -0.492 e. The Morgan fingerprint density at radius 2 is 1.95 bits per heavy atom. The number of hydrogen-bond acceptors (Lipinski definition) is 4. The van der Waals surface area contributed by atoms with Crippen molar-refractivity contribution >= 4 is 28.7 Å². The van der Waals surface area contributed by atoms with Crippen LogP contribution in [0.1, 0.15) is 6.92 Å². The largest absolute Gasteiger partial charge is 0.492 e. The molecule has 0 amide bonds. The summed E-state index contributed by atoms with van der Waals surface area (Å²) in [6.07, 6.45) is 0. The topological polar surface area (TPSA) is 51.8 Å². The highest BCUT2D eigenvalue weighted by molar-refractivity contribution is 7.80. The van der Waals surface area contributed by atoms with Crippen LogP contribution in [0.5, 0.6) is 17.2 Å². The van der Waals surface area contributed by atoms with Crippen molar-refractivity contribution in [1.29, 1.82) is 0 Å². The maximum atomic E-state index is 5.56. The molecule has 3 rings (SSSR count). The number of ether oxygens (including phenoxy) is 3. The fraction of sp³-hybridized carbons (Fsp3) is 0.188. The average molecular weight is 316 g/mol. The van der Waals surface area contributed by atoms with Crippen LogP contribution in [0.2, 0.25) is 0 Å². The van der Waals surface area contributed by atoms with Gasteiger partial charge in [-0.25, -0.2) is 0 Å². The van der Waals surface area contributed by atoms with E-state index in [4.69, 9.17) is 26.4 Å². The SMILES string of the molecule is CCOc1ccccc1NC(=S)Nc1ccc2c(c1)OCO2. The second kappa shape index (κ2) is 6.53. The number of hydrogen-bond donors (Lipinski definition) is 2.